The van der Waals surface area contributed by atoms with Gasteiger partial charge in [-0.25, -0.2) is 9.98 Å². The second kappa shape index (κ2) is 10.3. The molecule has 0 aromatic carbocycles. The van der Waals surface area contributed by atoms with E-state index in [-0.39, 0.29) is 17.4 Å². The summed E-state index contributed by atoms with van der Waals surface area (Å²) < 4.78 is 0. The molecule has 0 bridgehead atoms. The van der Waals surface area contributed by atoms with Crippen LogP contribution in [0, 0.1) is 5.41 Å². The van der Waals surface area contributed by atoms with Gasteiger partial charge in [-0.1, -0.05) is 40.9 Å². The second-order valence-electron chi connectivity index (χ2n) is 9.39. The maximum atomic E-state index is 11.5. The van der Waals surface area contributed by atoms with Gasteiger partial charge in [0, 0.05) is 62.0 Å². The van der Waals surface area contributed by atoms with Crippen molar-refractivity contribution in [2.45, 2.75) is 53.5 Å². The lowest BCUT2D eigenvalue weighted by molar-refractivity contribution is -0.129. The molecule has 8 heteroatoms. The van der Waals surface area contributed by atoms with Crippen molar-refractivity contribution in [2.24, 2.45) is 16.1 Å². The Morgan fingerprint density at radius 3 is 2.41 bits per heavy atom. The van der Waals surface area contributed by atoms with Crippen LogP contribution in [-0.4, -0.2) is 58.7 Å². The molecule has 8 nitrogen and oxygen atoms in total. The molecule has 0 unspecified atom stereocenters. The normalized spacial score (nSPS) is 20.5. The number of amides is 1. The minimum atomic E-state index is -0.303. The van der Waals surface area contributed by atoms with Gasteiger partial charge >= 0.3 is 0 Å². The lowest BCUT2D eigenvalue weighted by Gasteiger charge is -2.35. The Kier molecular flexibility index (Phi) is 7.69. The average Bonchev–Trinajstić information content (AvgIpc) is 3.00. The highest BCUT2D eigenvalue weighted by Crippen LogP contribution is 2.46. The van der Waals surface area contributed by atoms with Crippen LogP contribution in [-0.2, 0) is 4.79 Å². The number of aromatic nitrogens is 1. The van der Waals surface area contributed by atoms with E-state index in [2.05, 4.69) is 61.0 Å². The molecule has 0 atom stereocenters. The van der Waals surface area contributed by atoms with Gasteiger partial charge in [0.2, 0.25) is 5.91 Å². The van der Waals surface area contributed by atoms with Crippen molar-refractivity contribution in [2.75, 3.05) is 36.4 Å². The van der Waals surface area contributed by atoms with Gasteiger partial charge in [0.05, 0.1) is 11.9 Å². The van der Waals surface area contributed by atoms with Crippen molar-refractivity contribution in [1.82, 2.24) is 14.8 Å². The van der Waals surface area contributed by atoms with Gasteiger partial charge in [-0.3, -0.25) is 4.79 Å². The van der Waals surface area contributed by atoms with E-state index < -0.39 is 0 Å². The van der Waals surface area contributed by atoms with Crippen molar-refractivity contribution in [3.05, 3.63) is 54.8 Å². The van der Waals surface area contributed by atoms with E-state index in [1.807, 2.05) is 23.2 Å². The summed E-state index contributed by atoms with van der Waals surface area (Å²) in [7, 11) is 0. The van der Waals surface area contributed by atoms with Crippen LogP contribution in [0.1, 0.15) is 47.5 Å². The first-order chi connectivity index (χ1) is 16.1. The van der Waals surface area contributed by atoms with Crippen LogP contribution in [0.25, 0.3) is 0 Å². The molecule has 0 spiro atoms. The van der Waals surface area contributed by atoms with Crippen LogP contribution in [0.5, 0.6) is 0 Å². The number of likely N-dealkylation sites (tertiary alicyclic amines) is 1. The summed E-state index contributed by atoms with van der Waals surface area (Å²) in [6, 6.07) is 4.24. The molecule has 1 aromatic heterocycles. The summed E-state index contributed by atoms with van der Waals surface area (Å²) in [5.74, 6) is 2.08. The number of hydrogen-bond donors (Lipinski definition) is 2. The Morgan fingerprint density at radius 2 is 1.91 bits per heavy atom. The largest absolute Gasteiger partial charge is 0.404 e. The number of allylic oxidation sites excluding steroid dienone is 1. The third-order valence-electron chi connectivity index (χ3n) is 6.98. The minimum absolute atomic E-state index is 0.127. The zero-order valence-corrected chi connectivity index (χ0v) is 21.3. The molecule has 2 aliphatic rings. The SMILES string of the molecule is C=C(/N=C1\C(=C/N)C(C)(C)C(=C)N1C(CC)CC)Nc1ccc(N2CCN(C(C)=O)CC2)cn1. The first-order valence-corrected chi connectivity index (χ1v) is 12.1. The summed E-state index contributed by atoms with van der Waals surface area (Å²) in [5, 5.41) is 3.21. The predicted molar refractivity (Wildman–Crippen MR) is 140 cm³/mol. The quantitative estimate of drug-likeness (QED) is 0.634. The lowest BCUT2D eigenvalue weighted by atomic mass is 9.85. The van der Waals surface area contributed by atoms with Crippen LogP contribution < -0.4 is 16.0 Å². The third-order valence-corrected chi connectivity index (χ3v) is 6.98. The number of piperazine rings is 1. The topological polar surface area (TPSA) is 90.1 Å². The molecule has 3 N–H and O–H groups in total. The van der Waals surface area contributed by atoms with E-state index in [9.17, 15) is 4.79 Å². The Hall–Kier alpha value is -3.29. The first kappa shape index (κ1) is 25.3. The Labute approximate surface area is 203 Å². The number of nitrogens with one attached hydrogen (secondary N) is 1. The van der Waals surface area contributed by atoms with Crippen LogP contribution >= 0.6 is 0 Å². The van der Waals surface area contributed by atoms with Crippen LogP contribution in [0.4, 0.5) is 11.5 Å². The smallest absolute Gasteiger partial charge is 0.219 e. The molecule has 1 amide bonds. The van der Waals surface area contributed by atoms with Gasteiger partial charge in [0.25, 0.3) is 0 Å². The summed E-state index contributed by atoms with van der Waals surface area (Å²) >= 11 is 0. The number of aliphatic imine (C=N–C) groups is 1. The molecular formula is C26H39N7O. The molecule has 0 aliphatic carbocycles. The van der Waals surface area contributed by atoms with E-state index in [0.717, 1.165) is 61.8 Å². The van der Waals surface area contributed by atoms with Gasteiger partial charge in [-0.15, -0.1) is 0 Å². The van der Waals surface area contributed by atoms with E-state index in [0.29, 0.717) is 11.6 Å². The summed E-state index contributed by atoms with van der Waals surface area (Å²) in [6.45, 7) is 21.8. The fraction of sp³-hybridized carbons (Fsp3) is 0.500. The molecule has 184 valence electrons. The number of carbonyl (C=O) groups excluding carboxylic acids is 1. The Morgan fingerprint density at radius 1 is 1.26 bits per heavy atom. The van der Waals surface area contributed by atoms with Crippen LogP contribution in [0.3, 0.4) is 0 Å². The molecule has 0 saturated carbocycles. The highest BCUT2D eigenvalue weighted by Gasteiger charge is 2.45. The van der Waals surface area contributed by atoms with Crippen molar-refractivity contribution in [1.29, 1.82) is 0 Å². The van der Waals surface area contributed by atoms with Crippen molar-refractivity contribution in [3.8, 4) is 0 Å². The van der Waals surface area contributed by atoms with Gasteiger partial charge in [-0.05, 0) is 25.0 Å². The lowest BCUT2D eigenvalue weighted by Crippen LogP contribution is -2.48. The van der Waals surface area contributed by atoms with E-state index in [1.54, 1.807) is 13.1 Å². The third kappa shape index (κ3) is 4.95. The molecular weight excluding hydrogens is 426 g/mol. The number of pyridine rings is 1. The Bertz CT molecular complexity index is 981. The van der Waals surface area contributed by atoms with E-state index in [1.165, 1.54) is 0 Å². The Balaban J connectivity index is 1.75. The van der Waals surface area contributed by atoms with Crippen molar-refractivity contribution < 1.29 is 4.79 Å². The fourth-order valence-corrected chi connectivity index (χ4v) is 4.67. The molecule has 2 fully saturated rings. The van der Waals surface area contributed by atoms with E-state index in [4.69, 9.17) is 10.7 Å². The summed E-state index contributed by atoms with van der Waals surface area (Å²) in [4.78, 5) is 27.3. The predicted octanol–water partition coefficient (Wildman–Crippen LogP) is 3.92. The number of amidine groups is 1. The van der Waals surface area contributed by atoms with Gasteiger partial charge in [0.1, 0.15) is 17.5 Å². The highest BCUT2D eigenvalue weighted by atomic mass is 16.2. The molecule has 2 saturated heterocycles. The highest BCUT2D eigenvalue weighted by molar-refractivity contribution is 6.05. The minimum Gasteiger partial charge on any atom is -0.404 e. The molecule has 3 rings (SSSR count). The number of carbonyl (C=O) groups is 1. The first-order valence-electron chi connectivity index (χ1n) is 12.1. The van der Waals surface area contributed by atoms with Crippen molar-refractivity contribution in [3.63, 3.8) is 0 Å². The monoisotopic (exact) mass is 465 g/mol. The fourth-order valence-electron chi connectivity index (χ4n) is 4.67. The molecule has 2 aliphatic heterocycles. The average molecular weight is 466 g/mol. The second-order valence-corrected chi connectivity index (χ2v) is 9.39. The molecule has 34 heavy (non-hydrogen) atoms. The van der Waals surface area contributed by atoms with Crippen LogP contribution in [0.15, 0.2) is 59.8 Å². The number of rotatable bonds is 7. The maximum Gasteiger partial charge on any atom is 0.219 e. The number of anilines is 2. The number of nitrogens with zero attached hydrogens (tertiary/aromatic N) is 5. The van der Waals surface area contributed by atoms with Gasteiger partial charge < -0.3 is 25.8 Å². The van der Waals surface area contributed by atoms with Gasteiger partial charge in [0.15, 0.2) is 0 Å². The molecule has 1 aromatic rings. The van der Waals surface area contributed by atoms with Crippen molar-refractivity contribution >= 4 is 23.2 Å². The summed E-state index contributed by atoms with van der Waals surface area (Å²) in [5.41, 5.74) is 8.72. The molecule has 0 radical (unpaired) electrons. The zero-order valence-electron chi connectivity index (χ0n) is 21.3. The standard InChI is InChI=1S/C26H39N7O/c1-8-21(9-2)33-18(3)26(6,7)23(16-27)25(33)30-19(4)29-24-11-10-22(17-28-24)32-14-12-31(13-15-32)20(5)34/h10-11,16-17,21H,3-4,8-9,12-15,27H2,1-2,5-7H3,(H,28,29)/b23-16+,30-25+. The number of hydrogen-bond acceptors (Lipinski definition) is 6. The molecule has 3 heterocycles. The zero-order chi connectivity index (χ0) is 25.0. The van der Waals surface area contributed by atoms with Crippen LogP contribution in [0.2, 0.25) is 0 Å². The maximum absolute atomic E-state index is 11.5. The van der Waals surface area contributed by atoms with Gasteiger partial charge in [-0.2, -0.15) is 0 Å². The summed E-state index contributed by atoms with van der Waals surface area (Å²) in [6.07, 6.45) is 5.44. The number of nitrogens with two attached hydrogens (primary N) is 1. The van der Waals surface area contributed by atoms with E-state index >= 15 is 0 Å².